The van der Waals surface area contributed by atoms with Gasteiger partial charge < -0.3 is 9.88 Å². The molecular formula is C17H16ClN3. The van der Waals surface area contributed by atoms with Crippen molar-refractivity contribution in [2.75, 3.05) is 5.32 Å². The zero-order valence-electron chi connectivity index (χ0n) is 11.6. The number of anilines is 1. The summed E-state index contributed by atoms with van der Waals surface area (Å²) in [6.45, 7) is 5.05. The second-order valence-electron chi connectivity index (χ2n) is 4.87. The van der Waals surface area contributed by atoms with Gasteiger partial charge in [0.15, 0.2) is 0 Å². The Morgan fingerprint density at radius 2 is 1.81 bits per heavy atom. The van der Waals surface area contributed by atoms with Crippen molar-refractivity contribution in [1.29, 1.82) is 0 Å². The quantitative estimate of drug-likeness (QED) is 0.756. The molecule has 0 unspecified atom stereocenters. The molecule has 21 heavy (non-hydrogen) atoms. The maximum absolute atomic E-state index is 5.99. The first kappa shape index (κ1) is 13.7. The highest BCUT2D eigenvalue weighted by Crippen LogP contribution is 2.22. The fourth-order valence-corrected chi connectivity index (χ4v) is 2.44. The molecule has 1 aromatic heterocycles. The highest BCUT2D eigenvalue weighted by Gasteiger charge is 2.10. The van der Waals surface area contributed by atoms with Crippen molar-refractivity contribution in [3.05, 3.63) is 71.8 Å². The van der Waals surface area contributed by atoms with E-state index in [1.807, 2.05) is 47.0 Å². The average Bonchev–Trinajstić information content (AvgIpc) is 2.84. The van der Waals surface area contributed by atoms with Crippen LogP contribution in [-0.2, 0) is 13.1 Å². The van der Waals surface area contributed by atoms with E-state index in [4.69, 9.17) is 11.6 Å². The number of hydrogen-bond donors (Lipinski definition) is 1. The lowest BCUT2D eigenvalue weighted by Gasteiger charge is -2.10. The zero-order valence-corrected chi connectivity index (χ0v) is 12.3. The van der Waals surface area contributed by atoms with Crippen LogP contribution in [-0.4, -0.2) is 9.55 Å². The van der Waals surface area contributed by atoms with Gasteiger partial charge in [-0.1, -0.05) is 60.6 Å². The van der Waals surface area contributed by atoms with Crippen molar-refractivity contribution in [3.63, 3.8) is 0 Å². The first-order valence-electron chi connectivity index (χ1n) is 6.80. The molecule has 0 saturated heterocycles. The number of nitrogens with zero attached hydrogens (tertiary/aromatic N) is 2. The first-order chi connectivity index (χ1) is 10.2. The van der Waals surface area contributed by atoms with Crippen molar-refractivity contribution in [1.82, 2.24) is 9.55 Å². The molecule has 0 amide bonds. The summed E-state index contributed by atoms with van der Waals surface area (Å²) in [7, 11) is 0. The molecule has 106 valence electrons. The number of halogens is 1. The number of rotatable bonds is 5. The van der Waals surface area contributed by atoms with E-state index in [0.29, 0.717) is 11.6 Å². The molecule has 3 rings (SSSR count). The van der Waals surface area contributed by atoms with Gasteiger partial charge in [-0.2, -0.15) is 0 Å². The van der Waals surface area contributed by atoms with Crippen LogP contribution in [0, 0.1) is 0 Å². The van der Waals surface area contributed by atoms with E-state index < -0.39 is 0 Å². The largest absolute Gasteiger partial charge is 0.352 e. The van der Waals surface area contributed by atoms with Crippen LogP contribution in [0.2, 0.25) is 0 Å². The van der Waals surface area contributed by atoms with Gasteiger partial charge in [0.25, 0.3) is 0 Å². The van der Waals surface area contributed by atoms with E-state index >= 15 is 0 Å². The van der Waals surface area contributed by atoms with Crippen molar-refractivity contribution in [2.45, 2.75) is 13.1 Å². The SMILES string of the molecule is C=C(Cl)Cn1c(NCc2ccccc2)nc2ccccc21. The number of benzene rings is 2. The Hall–Kier alpha value is -2.26. The van der Waals surface area contributed by atoms with Crippen molar-refractivity contribution in [2.24, 2.45) is 0 Å². The van der Waals surface area contributed by atoms with Crippen LogP contribution in [0.25, 0.3) is 11.0 Å². The highest BCUT2D eigenvalue weighted by molar-refractivity contribution is 6.29. The van der Waals surface area contributed by atoms with Crippen LogP contribution < -0.4 is 5.32 Å². The summed E-state index contributed by atoms with van der Waals surface area (Å²) in [6.07, 6.45) is 0. The minimum atomic E-state index is 0.541. The summed E-state index contributed by atoms with van der Waals surface area (Å²) in [4.78, 5) is 4.63. The predicted molar refractivity (Wildman–Crippen MR) is 88.5 cm³/mol. The van der Waals surface area contributed by atoms with E-state index in [1.54, 1.807) is 0 Å². The highest BCUT2D eigenvalue weighted by atomic mass is 35.5. The van der Waals surface area contributed by atoms with Crippen LogP contribution in [0.3, 0.4) is 0 Å². The molecule has 0 bridgehead atoms. The number of aromatic nitrogens is 2. The lowest BCUT2D eigenvalue weighted by Crippen LogP contribution is -2.07. The Balaban J connectivity index is 1.91. The van der Waals surface area contributed by atoms with Crippen LogP contribution in [0.5, 0.6) is 0 Å². The third-order valence-corrected chi connectivity index (χ3v) is 3.40. The number of allylic oxidation sites excluding steroid dienone is 1. The van der Waals surface area contributed by atoms with Gasteiger partial charge in [0.1, 0.15) is 0 Å². The standard InChI is InChI=1S/C17H16ClN3/c1-13(18)12-21-16-10-6-5-9-15(16)20-17(21)19-11-14-7-3-2-4-8-14/h2-10H,1,11-12H2,(H,19,20). The monoisotopic (exact) mass is 297 g/mol. The maximum Gasteiger partial charge on any atom is 0.204 e. The molecule has 0 aliphatic carbocycles. The smallest absolute Gasteiger partial charge is 0.204 e. The molecular weight excluding hydrogens is 282 g/mol. The second kappa shape index (κ2) is 6.02. The van der Waals surface area contributed by atoms with E-state index in [-0.39, 0.29) is 0 Å². The van der Waals surface area contributed by atoms with E-state index in [0.717, 1.165) is 23.5 Å². The maximum atomic E-state index is 5.99. The molecule has 1 N–H and O–H groups in total. The van der Waals surface area contributed by atoms with Crippen molar-refractivity contribution >= 4 is 28.6 Å². The van der Waals surface area contributed by atoms with Crippen LogP contribution in [0.15, 0.2) is 66.2 Å². The molecule has 3 aromatic rings. The van der Waals surface area contributed by atoms with E-state index in [2.05, 4.69) is 29.0 Å². The minimum absolute atomic E-state index is 0.541. The molecule has 4 heteroatoms. The Morgan fingerprint density at radius 1 is 1.10 bits per heavy atom. The summed E-state index contributed by atoms with van der Waals surface area (Å²) in [5.41, 5.74) is 3.21. The fraction of sp³-hybridized carbons (Fsp3) is 0.118. The van der Waals surface area contributed by atoms with Gasteiger partial charge in [-0.25, -0.2) is 4.98 Å². The van der Waals surface area contributed by atoms with E-state index in [1.165, 1.54) is 5.56 Å². The van der Waals surface area contributed by atoms with Crippen LogP contribution >= 0.6 is 11.6 Å². The molecule has 0 aliphatic rings. The van der Waals surface area contributed by atoms with Gasteiger partial charge in [0.2, 0.25) is 5.95 Å². The molecule has 0 saturated carbocycles. The number of para-hydroxylation sites is 2. The average molecular weight is 298 g/mol. The lowest BCUT2D eigenvalue weighted by molar-refractivity contribution is 0.836. The Kier molecular flexibility index (Phi) is 3.93. The molecule has 0 aliphatic heterocycles. The van der Waals surface area contributed by atoms with Gasteiger partial charge in [-0.05, 0) is 17.7 Å². The predicted octanol–water partition coefficient (Wildman–Crippen LogP) is 4.40. The summed E-state index contributed by atoms with van der Waals surface area (Å²) in [5.74, 6) is 0.807. The van der Waals surface area contributed by atoms with Gasteiger partial charge >= 0.3 is 0 Å². The van der Waals surface area contributed by atoms with Gasteiger partial charge in [-0.15, -0.1) is 0 Å². The topological polar surface area (TPSA) is 29.9 Å². The lowest BCUT2D eigenvalue weighted by atomic mass is 10.2. The summed E-state index contributed by atoms with van der Waals surface area (Å²) in [6, 6.07) is 18.2. The number of nitrogens with one attached hydrogen (secondary N) is 1. The molecule has 0 radical (unpaired) electrons. The Morgan fingerprint density at radius 3 is 2.57 bits per heavy atom. The van der Waals surface area contributed by atoms with Gasteiger partial charge in [-0.3, -0.25) is 0 Å². The van der Waals surface area contributed by atoms with Crippen LogP contribution in [0.4, 0.5) is 5.95 Å². The third-order valence-electron chi connectivity index (χ3n) is 3.28. The Bertz CT molecular complexity index is 762. The summed E-state index contributed by atoms with van der Waals surface area (Å²) >= 11 is 5.99. The number of hydrogen-bond acceptors (Lipinski definition) is 2. The molecule has 2 aromatic carbocycles. The fourth-order valence-electron chi connectivity index (χ4n) is 2.32. The Labute approximate surface area is 128 Å². The van der Waals surface area contributed by atoms with Gasteiger partial charge in [0.05, 0.1) is 17.6 Å². The molecule has 0 fully saturated rings. The number of imidazole rings is 1. The molecule has 0 atom stereocenters. The normalized spacial score (nSPS) is 10.7. The first-order valence-corrected chi connectivity index (χ1v) is 7.18. The molecule has 1 heterocycles. The molecule has 0 spiro atoms. The molecule has 3 nitrogen and oxygen atoms in total. The third kappa shape index (κ3) is 3.09. The number of fused-ring (bicyclic) bond motifs is 1. The van der Waals surface area contributed by atoms with Crippen LogP contribution in [0.1, 0.15) is 5.56 Å². The van der Waals surface area contributed by atoms with Crippen molar-refractivity contribution < 1.29 is 0 Å². The minimum Gasteiger partial charge on any atom is -0.352 e. The van der Waals surface area contributed by atoms with Gasteiger partial charge in [0, 0.05) is 11.6 Å². The van der Waals surface area contributed by atoms with E-state index in [9.17, 15) is 0 Å². The summed E-state index contributed by atoms with van der Waals surface area (Å²) < 4.78 is 2.05. The summed E-state index contributed by atoms with van der Waals surface area (Å²) in [5, 5.41) is 3.96. The second-order valence-corrected chi connectivity index (χ2v) is 5.40. The van der Waals surface area contributed by atoms with Crippen molar-refractivity contribution in [3.8, 4) is 0 Å². The zero-order chi connectivity index (χ0) is 14.7.